The van der Waals surface area contributed by atoms with E-state index >= 15 is 0 Å². The molecule has 0 unspecified atom stereocenters. The molecule has 2 heteroatoms. The number of hydrogen-bond donors (Lipinski definition) is 0. The molecule has 0 radical (unpaired) electrons. The van der Waals surface area contributed by atoms with Crippen molar-refractivity contribution in [2.45, 2.75) is 33.1 Å². The summed E-state index contributed by atoms with van der Waals surface area (Å²) in [6.45, 7) is 3.88. The molecular weight excluding hydrogens is 126 g/mol. The minimum atomic E-state index is 0.133. The lowest BCUT2D eigenvalue weighted by molar-refractivity contribution is -0.122. The number of carbonyl (C=O) groups excluding carboxylic acids is 1. The van der Waals surface area contributed by atoms with Crippen molar-refractivity contribution in [1.82, 2.24) is 0 Å². The summed E-state index contributed by atoms with van der Waals surface area (Å²) in [7, 11) is 0. The molecule has 0 saturated carbocycles. The summed E-state index contributed by atoms with van der Waals surface area (Å²) in [6.07, 6.45) is 1.67. The van der Waals surface area contributed by atoms with Gasteiger partial charge in [-0.3, -0.25) is 4.79 Å². The van der Waals surface area contributed by atoms with Crippen LogP contribution in [0.15, 0.2) is 0 Å². The van der Waals surface area contributed by atoms with Crippen LogP contribution in [-0.4, -0.2) is 5.78 Å². The fourth-order valence-corrected chi connectivity index (χ4v) is 0.653. The SMILES string of the molecule is CC[C@H](C)C(=O)CCC#N. The molecule has 0 aromatic heterocycles. The average Bonchev–Trinajstić information content (AvgIpc) is 1.98. The maximum Gasteiger partial charge on any atom is 0.136 e. The molecule has 0 spiro atoms. The second kappa shape index (κ2) is 4.99. The fraction of sp³-hybridized carbons (Fsp3) is 0.750. The minimum Gasteiger partial charge on any atom is -0.299 e. The summed E-state index contributed by atoms with van der Waals surface area (Å²) in [5, 5.41) is 8.17. The van der Waals surface area contributed by atoms with E-state index < -0.39 is 0 Å². The van der Waals surface area contributed by atoms with Gasteiger partial charge in [0.1, 0.15) is 5.78 Å². The summed E-state index contributed by atoms with van der Waals surface area (Å²) < 4.78 is 0. The molecule has 0 fully saturated rings. The largest absolute Gasteiger partial charge is 0.299 e. The molecule has 0 aliphatic carbocycles. The van der Waals surface area contributed by atoms with Crippen LogP contribution < -0.4 is 0 Å². The number of Topliss-reactive ketones (excluding diaryl/α,β-unsaturated/α-hetero) is 1. The van der Waals surface area contributed by atoms with Crippen LogP contribution in [0, 0.1) is 17.2 Å². The van der Waals surface area contributed by atoms with Gasteiger partial charge in [0.05, 0.1) is 6.07 Å². The first-order valence-electron chi connectivity index (χ1n) is 3.62. The van der Waals surface area contributed by atoms with Crippen molar-refractivity contribution in [3.05, 3.63) is 0 Å². The molecule has 2 nitrogen and oxygen atoms in total. The highest BCUT2D eigenvalue weighted by Gasteiger charge is 2.08. The molecule has 0 heterocycles. The van der Waals surface area contributed by atoms with Crippen LogP contribution in [0.2, 0.25) is 0 Å². The van der Waals surface area contributed by atoms with Crippen LogP contribution in [0.4, 0.5) is 0 Å². The summed E-state index contributed by atoms with van der Waals surface area (Å²) >= 11 is 0. The molecule has 1 atom stereocenters. The van der Waals surface area contributed by atoms with Gasteiger partial charge in [0.15, 0.2) is 0 Å². The van der Waals surface area contributed by atoms with Gasteiger partial charge in [-0.15, -0.1) is 0 Å². The Bertz CT molecular complexity index is 146. The zero-order chi connectivity index (χ0) is 7.98. The third-order valence-corrected chi connectivity index (χ3v) is 1.65. The Balaban J connectivity index is 3.54. The second-order valence-electron chi connectivity index (χ2n) is 2.43. The molecule has 10 heavy (non-hydrogen) atoms. The summed E-state index contributed by atoms with van der Waals surface area (Å²) in [5.74, 6) is 0.345. The topological polar surface area (TPSA) is 40.9 Å². The van der Waals surface area contributed by atoms with Crippen LogP contribution in [0.5, 0.6) is 0 Å². The number of rotatable bonds is 4. The van der Waals surface area contributed by atoms with Crippen molar-refractivity contribution >= 4 is 5.78 Å². The van der Waals surface area contributed by atoms with Gasteiger partial charge in [0, 0.05) is 18.8 Å². The van der Waals surface area contributed by atoms with Gasteiger partial charge < -0.3 is 0 Å². The third-order valence-electron chi connectivity index (χ3n) is 1.65. The van der Waals surface area contributed by atoms with E-state index in [0.717, 1.165) is 6.42 Å². The second-order valence-corrected chi connectivity index (χ2v) is 2.43. The first-order valence-corrected chi connectivity index (χ1v) is 3.62. The maximum absolute atomic E-state index is 11.0. The maximum atomic E-state index is 11.0. The van der Waals surface area contributed by atoms with Gasteiger partial charge in [-0.05, 0) is 6.42 Å². The molecule has 0 aromatic rings. The number of ketones is 1. The summed E-state index contributed by atoms with van der Waals surface area (Å²) in [6, 6.07) is 1.96. The van der Waals surface area contributed by atoms with Crippen molar-refractivity contribution in [3.8, 4) is 6.07 Å². The van der Waals surface area contributed by atoms with E-state index in [1.54, 1.807) is 0 Å². The van der Waals surface area contributed by atoms with Crippen molar-refractivity contribution < 1.29 is 4.79 Å². The Morgan fingerprint density at radius 3 is 2.70 bits per heavy atom. The van der Waals surface area contributed by atoms with Gasteiger partial charge in [0.25, 0.3) is 0 Å². The van der Waals surface area contributed by atoms with Gasteiger partial charge in [-0.2, -0.15) is 5.26 Å². The Labute approximate surface area is 61.8 Å². The predicted molar refractivity (Wildman–Crippen MR) is 39.3 cm³/mol. The Kier molecular flexibility index (Phi) is 4.57. The molecule has 0 rings (SSSR count). The lowest BCUT2D eigenvalue weighted by atomic mass is 10.0. The highest BCUT2D eigenvalue weighted by molar-refractivity contribution is 5.80. The fourth-order valence-electron chi connectivity index (χ4n) is 0.653. The first-order chi connectivity index (χ1) is 4.72. The van der Waals surface area contributed by atoms with E-state index in [4.69, 9.17) is 5.26 Å². The zero-order valence-corrected chi connectivity index (χ0v) is 6.55. The number of nitriles is 1. The van der Waals surface area contributed by atoms with E-state index in [9.17, 15) is 4.79 Å². The number of nitrogens with zero attached hydrogens (tertiary/aromatic N) is 1. The molecular formula is C8H13NO. The molecule has 0 amide bonds. The Morgan fingerprint density at radius 2 is 2.30 bits per heavy atom. The van der Waals surface area contributed by atoms with Gasteiger partial charge in [-0.1, -0.05) is 13.8 Å². The van der Waals surface area contributed by atoms with Gasteiger partial charge in [-0.25, -0.2) is 0 Å². The smallest absolute Gasteiger partial charge is 0.136 e. The molecule has 56 valence electrons. The number of hydrogen-bond acceptors (Lipinski definition) is 2. The average molecular weight is 139 g/mol. The molecule has 0 saturated heterocycles. The van der Waals surface area contributed by atoms with Crippen molar-refractivity contribution in [3.63, 3.8) is 0 Å². The zero-order valence-electron chi connectivity index (χ0n) is 6.55. The summed E-state index contributed by atoms with van der Waals surface area (Å²) in [5.41, 5.74) is 0. The molecule has 0 N–H and O–H groups in total. The van der Waals surface area contributed by atoms with Crippen LogP contribution in [0.1, 0.15) is 33.1 Å². The normalized spacial score (nSPS) is 12.1. The standard InChI is InChI=1S/C8H13NO/c1-3-7(2)8(10)5-4-6-9/h7H,3-5H2,1-2H3/t7-/m0/s1. The van der Waals surface area contributed by atoms with E-state index in [2.05, 4.69) is 0 Å². The third kappa shape index (κ3) is 3.24. The van der Waals surface area contributed by atoms with Crippen molar-refractivity contribution in [2.24, 2.45) is 5.92 Å². The predicted octanol–water partition coefficient (Wildman–Crippen LogP) is 1.91. The molecule has 0 aliphatic rings. The quantitative estimate of drug-likeness (QED) is 0.597. The van der Waals surface area contributed by atoms with Crippen molar-refractivity contribution in [1.29, 1.82) is 5.26 Å². The minimum absolute atomic E-state index is 0.133. The van der Waals surface area contributed by atoms with Crippen LogP contribution >= 0.6 is 0 Å². The first kappa shape index (κ1) is 9.16. The van der Waals surface area contributed by atoms with Gasteiger partial charge >= 0.3 is 0 Å². The highest BCUT2D eigenvalue weighted by Crippen LogP contribution is 2.05. The highest BCUT2D eigenvalue weighted by atomic mass is 16.1. The molecule has 0 bridgehead atoms. The number of carbonyl (C=O) groups is 1. The van der Waals surface area contributed by atoms with Crippen LogP contribution in [0.3, 0.4) is 0 Å². The van der Waals surface area contributed by atoms with E-state index in [1.807, 2.05) is 19.9 Å². The van der Waals surface area contributed by atoms with Crippen molar-refractivity contribution in [2.75, 3.05) is 0 Å². The Morgan fingerprint density at radius 1 is 1.70 bits per heavy atom. The van der Waals surface area contributed by atoms with Gasteiger partial charge in [0.2, 0.25) is 0 Å². The molecule has 0 aliphatic heterocycles. The van der Waals surface area contributed by atoms with E-state index in [1.165, 1.54) is 0 Å². The summed E-state index contributed by atoms with van der Waals surface area (Å²) in [4.78, 5) is 11.0. The monoisotopic (exact) mass is 139 g/mol. The van der Waals surface area contributed by atoms with Crippen LogP contribution in [-0.2, 0) is 4.79 Å². The molecule has 0 aromatic carbocycles. The van der Waals surface area contributed by atoms with Crippen LogP contribution in [0.25, 0.3) is 0 Å². The Hall–Kier alpha value is -0.840. The lowest BCUT2D eigenvalue weighted by Crippen LogP contribution is -2.08. The van der Waals surface area contributed by atoms with E-state index in [-0.39, 0.29) is 11.7 Å². The lowest BCUT2D eigenvalue weighted by Gasteiger charge is -2.03. The van der Waals surface area contributed by atoms with E-state index in [0.29, 0.717) is 12.8 Å².